The number of hydrogen-bond acceptors (Lipinski definition) is 7. The van der Waals surface area contributed by atoms with Crippen molar-refractivity contribution in [3.63, 3.8) is 0 Å². The van der Waals surface area contributed by atoms with Gasteiger partial charge in [0.1, 0.15) is 5.52 Å². The maximum Gasteiger partial charge on any atom is 0.290 e. The zero-order valence-electron chi connectivity index (χ0n) is 18.9. The number of piperidine rings is 1. The molecule has 172 valence electrons. The minimum absolute atomic E-state index is 0.250. The fraction of sp³-hybridized carbons (Fsp3) is 0.231. The monoisotopic (exact) mass is 454 g/mol. The van der Waals surface area contributed by atoms with E-state index in [4.69, 9.17) is 26.3 Å². The number of pyridine rings is 1. The minimum atomic E-state index is -0.250. The Bertz CT molecular complexity index is 1360. The molecule has 0 radical (unpaired) electrons. The summed E-state index contributed by atoms with van der Waals surface area (Å²) in [5.41, 5.74) is 4.54. The van der Waals surface area contributed by atoms with Crippen molar-refractivity contribution in [3.8, 4) is 12.3 Å². The summed E-state index contributed by atoms with van der Waals surface area (Å²) in [5, 5.41) is 19.2. The number of carbonyl (C=O) groups is 1. The summed E-state index contributed by atoms with van der Waals surface area (Å²) in [4.78, 5) is 22.8. The van der Waals surface area contributed by atoms with Gasteiger partial charge in [-0.25, -0.2) is 15.0 Å². The molecule has 0 atom stereocenters. The van der Waals surface area contributed by atoms with E-state index in [1.165, 1.54) is 0 Å². The molecule has 2 aromatic heterocycles. The van der Waals surface area contributed by atoms with Crippen molar-refractivity contribution in [3.05, 3.63) is 59.8 Å². The number of rotatable bonds is 4. The molecule has 0 amide bonds. The molecule has 4 N–H and O–H groups in total. The largest absolute Gasteiger partial charge is 0.483 e. The van der Waals surface area contributed by atoms with Crippen LogP contribution >= 0.6 is 0 Å². The molecule has 1 aliphatic rings. The molecule has 0 aliphatic carbocycles. The number of nitrogens with zero attached hydrogens (tertiary/aromatic N) is 3. The lowest BCUT2D eigenvalue weighted by molar-refractivity contribution is -0.122. The van der Waals surface area contributed by atoms with E-state index in [0.717, 1.165) is 64.6 Å². The van der Waals surface area contributed by atoms with Gasteiger partial charge >= 0.3 is 0 Å². The van der Waals surface area contributed by atoms with Crippen LogP contribution in [-0.2, 0) is 4.79 Å². The van der Waals surface area contributed by atoms with Crippen LogP contribution in [0.4, 0.5) is 17.5 Å². The summed E-state index contributed by atoms with van der Waals surface area (Å²) in [6.07, 6.45) is 9.58. The summed E-state index contributed by atoms with van der Waals surface area (Å²) in [5.74, 6) is 4.01. The van der Waals surface area contributed by atoms with Gasteiger partial charge in [-0.3, -0.25) is 4.79 Å². The summed E-state index contributed by atoms with van der Waals surface area (Å²) in [7, 11) is 0. The van der Waals surface area contributed by atoms with Crippen LogP contribution in [0.15, 0.2) is 48.7 Å². The highest BCUT2D eigenvalue weighted by Crippen LogP contribution is 2.31. The lowest BCUT2D eigenvalue weighted by atomic mass is 10.1. The molecule has 8 heteroatoms. The molecule has 1 aliphatic heterocycles. The Morgan fingerprint density at radius 2 is 1.94 bits per heavy atom. The van der Waals surface area contributed by atoms with E-state index in [1.54, 1.807) is 0 Å². The number of aromatic nitrogens is 3. The first kappa shape index (κ1) is 23.0. The van der Waals surface area contributed by atoms with Crippen molar-refractivity contribution >= 4 is 45.7 Å². The third-order valence-corrected chi connectivity index (χ3v) is 5.65. The fourth-order valence-electron chi connectivity index (χ4n) is 4.02. The Hall–Kier alpha value is -4.22. The molecule has 0 unspecified atom stereocenters. The van der Waals surface area contributed by atoms with Crippen molar-refractivity contribution in [2.24, 2.45) is 0 Å². The van der Waals surface area contributed by atoms with Crippen LogP contribution in [0.2, 0.25) is 0 Å². The van der Waals surface area contributed by atoms with Crippen molar-refractivity contribution < 1.29 is 9.90 Å². The predicted molar refractivity (Wildman–Crippen MR) is 135 cm³/mol. The van der Waals surface area contributed by atoms with Gasteiger partial charge in [-0.1, -0.05) is 24.1 Å². The highest BCUT2D eigenvalue weighted by Gasteiger charge is 2.16. The molecule has 34 heavy (non-hydrogen) atoms. The standard InChI is InChI=1S/C25H24N6.CH2O2/c1-3-17-5-4-6-19(14-17)28-24-23-21(20-8-7-16(2)13-22(20)30-24)15-27-25(31-23)29-18-9-11-26-12-10-18;2-1-3/h1,4-8,13-15,18,26H,9-12H2,2H3,(H,28,30)(H,27,29,31);1H,(H,2,3). The van der Waals surface area contributed by atoms with Crippen LogP contribution in [0.3, 0.4) is 0 Å². The number of fused-ring (bicyclic) bond motifs is 3. The molecule has 0 spiro atoms. The fourth-order valence-corrected chi connectivity index (χ4v) is 4.02. The van der Waals surface area contributed by atoms with Crippen LogP contribution in [0, 0.1) is 19.3 Å². The van der Waals surface area contributed by atoms with Crippen molar-refractivity contribution in [1.82, 2.24) is 20.3 Å². The van der Waals surface area contributed by atoms with Gasteiger partial charge in [0.15, 0.2) is 5.82 Å². The first-order chi connectivity index (χ1) is 16.6. The zero-order chi connectivity index (χ0) is 23.9. The van der Waals surface area contributed by atoms with Crippen LogP contribution in [0.5, 0.6) is 0 Å². The topological polar surface area (TPSA) is 112 Å². The number of carboxylic acid groups (broad SMARTS) is 1. The maximum absolute atomic E-state index is 8.36. The molecule has 3 heterocycles. The number of aryl methyl sites for hydroxylation is 1. The predicted octanol–water partition coefficient (Wildman–Crippen LogP) is 4.08. The van der Waals surface area contributed by atoms with E-state index < -0.39 is 0 Å². The molecule has 5 rings (SSSR count). The zero-order valence-corrected chi connectivity index (χ0v) is 18.9. The van der Waals surface area contributed by atoms with Gasteiger partial charge in [0.2, 0.25) is 5.95 Å². The van der Waals surface area contributed by atoms with Crippen LogP contribution in [0.25, 0.3) is 21.8 Å². The average molecular weight is 455 g/mol. The van der Waals surface area contributed by atoms with E-state index in [0.29, 0.717) is 17.8 Å². The smallest absolute Gasteiger partial charge is 0.290 e. The van der Waals surface area contributed by atoms with Gasteiger partial charge in [0.25, 0.3) is 6.47 Å². The SMILES string of the molecule is C#Cc1cccc(Nc2nc3cc(C)ccc3c3cnc(NC4CCNCC4)nc23)c1.O=CO. The average Bonchev–Trinajstić information content (AvgIpc) is 2.85. The highest BCUT2D eigenvalue weighted by atomic mass is 16.3. The van der Waals surface area contributed by atoms with Gasteiger partial charge in [-0.05, 0) is 62.7 Å². The van der Waals surface area contributed by atoms with Crippen LogP contribution < -0.4 is 16.0 Å². The van der Waals surface area contributed by atoms with Crippen LogP contribution in [0.1, 0.15) is 24.0 Å². The Morgan fingerprint density at radius 3 is 2.71 bits per heavy atom. The minimum Gasteiger partial charge on any atom is -0.483 e. The molecule has 0 bridgehead atoms. The second-order valence-electron chi connectivity index (χ2n) is 8.06. The Kier molecular flexibility index (Phi) is 7.16. The number of benzene rings is 2. The Balaban J connectivity index is 0.000000868. The molecule has 8 nitrogen and oxygen atoms in total. The molecular formula is C26H26N6O2. The first-order valence-electron chi connectivity index (χ1n) is 11.1. The second-order valence-corrected chi connectivity index (χ2v) is 8.06. The lowest BCUT2D eigenvalue weighted by Gasteiger charge is -2.23. The van der Waals surface area contributed by atoms with E-state index in [9.17, 15) is 0 Å². The van der Waals surface area contributed by atoms with Gasteiger partial charge in [-0.15, -0.1) is 6.42 Å². The van der Waals surface area contributed by atoms with Gasteiger partial charge < -0.3 is 21.1 Å². The number of anilines is 3. The van der Waals surface area contributed by atoms with Crippen LogP contribution in [-0.4, -0.2) is 45.7 Å². The Morgan fingerprint density at radius 1 is 1.15 bits per heavy atom. The van der Waals surface area contributed by atoms with Gasteiger partial charge in [-0.2, -0.15) is 0 Å². The Labute approximate surface area is 197 Å². The molecular weight excluding hydrogens is 428 g/mol. The van der Waals surface area contributed by atoms with Gasteiger partial charge in [0, 0.05) is 34.3 Å². The molecule has 4 aromatic rings. The molecule has 1 fully saturated rings. The number of hydrogen-bond donors (Lipinski definition) is 4. The van der Waals surface area contributed by atoms with Crippen molar-refractivity contribution in [2.75, 3.05) is 23.7 Å². The third kappa shape index (κ3) is 5.22. The van der Waals surface area contributed by atoms with E-state index in [2.05, 4.69) is 52.0 Å². The maximum atomic E-state index is 8.36. The summed E-state index contributed by atoms with van der Waals surface area (Å²) in [6, 6.07) is 14.4. The van der Waals surface area contributed by atoms with Gasteiger partial charge in [0.05, 0.1) is 5.52 Å². The summed E-state index contributed by atoms with van der Waals surface area (Å²) >= 11 is 0. The van der Waals surface area contributed by atoms with E-state index in [-0.39, 0.29) is 6.47 Å². The lowest BCUT2D eigenvalue weighted by Crippen LogP contribution is -2.35. The van der Waals surface area contributed by atoms with Crippen molar-refractivity contribution in [2.45, 2.75) is 25.8 Å². The second kappa shape index (κ2) is 10.6. The number of nitrogens with one attached hydrogen (secondary N) is 3. The molecule has 1 saturated heterocycles. The van der Waals surface area contributed by atoms with E-state index in [1.807, 2.05) is 30.5 Å². The van der Waals surface area contributed by atoms with E-state index >= 15 is 0 Å². The third-order valence-electron chi connectivity index (χ3n) is 5.65. The molecule has 0 saturated carbocycles. The normalized spacial score (nSPS) is 13.5. The highest BCUT2D eigenvalue weighted by molar-refractivity contribution is 6.08. The summed E-state index contributed by atoms with van der Waals surface area (Å²) < 4.78 is 0. The quantitative estimate of drug-likeness (QED) is 0.207. The van der Waals surface area contributed by atoms with Crippen molar-refractivity contribution in [1.29, 1.82) is 0 Å². The summed E-state index contributed by atoms with van der Waals surface area (Å²) in [6.45, 7) is 3.83. The number of terminal acetylenes is 1. The molecule has 2 aromatic carbocycles. The first-order valence-corrected chi connectivity index (χ1v) is 11.1.